The molecule has 0 N–H and O–H groups in total. The maximum atomic E-state index is 12.5. The number of aromatic carboxylic acids is 1. The first-order valence-electron chi connectivity index (χ1n) is 3.10. The van der Waals surface area contributed by atoms with Crippen LogP contribution in [0.1, 0.15) is 10.4 Å². The smallest absolute Gasteiger partial charge is 0.545 e. The van der Waals surface area contributed by atoms with Crippen molar-refractivity contribution in [3.8, 4) is 0 Å². The second-order valence-corrected chi connectivity index (χ2v) is 2.23. The van der Waals surface area contributed by atoms with E-state index >= 15 is 0 Å². The van der Waals surface area contributed by atoms with Gasteiger partial charge in [-0.3, -0.25) is 0 Å². The number of carbonyl (C=O) groups is 1. The van der Waals surface area contributed by atoms with Crippen molar-refractivity contribution < 1.29 is 61.4 Å². The van der Waals surface area contributed by atoms with Gasteiger partial charge in [-0.15, -0.1) is 0 Å². The number of carbonyl (C=O) groups excluding carboxylic acids is 1. The largest absolute Gasteiger partial charge is 1.00 e. The molecule has 1 aromatic carbocycles. The third-order valence-electron chi connectivity index (χ3n) is 1.41. The van der Waals surface area contributed by atoms with E-state index in [0.29, 0.717) is 0 Å². The summed E-state index contributed by atoms with van der Waals surface area (Å²) < 4.78 is 62.0. The molecule has 0 aliphatic carbocycles. The molecule has 8 heteroatoms. The Bertz CT molecular complexity index is 391. The molecule has 76 valence electrons. The number of benzene rings is 1. The molecule has 0 saturated heterocycles. The predicted molar refractivity (Wildman–Crippen MR) is 30.6 cm³/mol. The Morgan fingerprint density at radius 3 is 1.33 bits per heavy atom. The number of rotatable bonds is 1. The van der Waals surface area contributed by atoms with E-state index in [2.05, 4.69) is 0 Å². The van der Waals surface area contributed by atoms with Crippen LogP contribution in [-0.2, 0) is 0 Å². The molecule has 0 amide bonds. The summed E-state index contributed by atoms with van der Waals surface area (Å²) in [5.74, 6) is -14.4. The predicted octanol–water partition coefficient (Wildman–Crippen LogP) is -2.25. The summed E-state index contributed by atoms with van der Waals surface area (Å²) >= 11 is 0. The Morgan fingerprint density at radius 1 is 0.800 bits per heavy atom. The van der Waals surface area contributed by atoms with Gasteiger partial charge in [-0.1, -0.05) is 0 Å². The van der Waals surface area contributed by atoms with E-state index in [1.54, 1.807) is 0 Å². The zero-order valence-electron chi connectivity index (χ0n) is 7.21. The second-order valence-electron chi connectivity index (χ2n) is 2.23. The minimum Gasteiger partial charge on any atom is -0.545 e. The molecule has 0 aromatic heterocycles. The first kappa shape index (κ1) is 14.3. The molecule has 15 heavy (non-hydrogen) atoms. The van der Waals surface area contributed by atoms with Crippen LogP contribution >= 0.6 is 0 Å². The van der Waals surface area contributed by atoms with E-state index < -0.39 is 40.6 Å². The van der Waals surface area contributed by atoms with Crippen LogP contribution in [0.15, 0.2) is 0 Å². The molecule has 1 rings (SSSR count). The van der Waals surface area contributed by atoms with E-state index in [9.17, 15) is 31.9 Å². The Hall–Kier alpha value is -0.660. The normalized spacial score (nSPS) is 9.67. The van der Waals surface area contributed by atoms with Crippen molar-refractivity contribution >= 4 is 5.97 Å². The van der Waals surface area contributed by atoms with Gasteiger partial charge >= 0.3 is 29.6 Å². The summed E-state index contributed by atoms with van der Waals surface area (Å²) in [5.41, 5.74) is -1.97. The van der Waals surface area contributed by atoms with Gasteiger partial charge in [-0.05, 0) is 0 Å². The first-order valence-corrected chi connectivity index (χ1v) is 3.10. The summed E-state index contributed by atoms with van der Waals surface area (Å²) in [6.45, 7) is 0. The number of halogens is 5. The monoisotopic (exact) mass is 234 g/mol. The Kier molecular flexibility index (Phi) is 4.69. The summed E-state index contributed by atoms with van der Waals surface area (Å²) in [6, 6.07) is 0. The van der Waals surface area contributed by atoms with Crippen molar-refractivity contribution in [2.75, 3.05) is 0 Å². The zero-order chi connectivity index (χ0) is 11.0. The third-order valence-corrected chi connectivity index (χ3v) is 1.41. The van der Waals surface area contributed by atoms with E-state index in [-0.39, 0.29) is 29.6 Å². The Labute approximate surface area is 102 Å². The quantitative estimate of drug-likeness (QED) is 0.238. The van der Waals surface area contributed by atoms with Crippen molar-refractivity contribution in [3.63, 3.8) is 0 Å². The summed E-state index contributed by atoms with van der Waals surface area (Å²) in [6.07, 6.45) is 0. The average Bonchev–Trinajstić information content (AvgIpc) is 2.11. The number of carboxylic acid groups (broad SMARTS) is 1. The number of hydrogen-bond acceptors (Lipinski definition) is 2. The molecule has 0 spiro atoms. The van der Waals surface area contributed by atoms with Gasteiger partial charge < -0.3 is 9.90 Å². The van der Waals surface area contributed by atoms with Crippen molar-refractivity contribution in [1.82, 2.24) is 0 Å². The molecule has 0 aliphatic heterocycles. The van der Waals surface area contributed by atoms with E-state index in [1.807, 2.05) is 0 Å². The molecule has 0 unspecified atom stereocenters. The maximum Gasteiger partial charge on any atom is 1.00 e. The molecule has 2 nitrogen and oxygen atoms in total. The maximum absolute atomic E-state index is 12.5. The first-order chi connectivity index (χ1) is 6.37. The summed E-state index contributed by atoms with van der Waals surface area (Å²) in [7, 11) is 0. The van der Waals surface area contributed by atoms with Gasteiger partial charge in [-0.25, -0.2) is 22.0 Å². The van der Waals surface area contributed by atoms with Gasteiger partial charge in [0.25, 0.3) is 0 Å². The van der Waals surface area contributed by atoms with Crippen molar-refractivity contribution in [1.29, 1.82) is 0 Å². The van der Waals surface area contributed by atoms with Gasteiger partial charge in [0.05, 0.1) is 11.5 Å². The third kappa shape index (κ3) is 2.30. The van der Waals surface area contributed by atoms with Gasteiger partial charge in [0.1, 0.15) is 0 Å². The van der Waals surface area contributed by atoms with E-state index in [4.69, 9.17) is 0 Å². The topological polar surface area (TPSA) is 40.1 Å². The van der Waals surface area contributed by atoms with Crippen LogP contribution in [0.25, 0.3) is 0 Å². The molecule has 0 bridgehead atoms. The van der Waals surface area contributed by atoms with Crippen molar-refractivity contribution in [2.24, 2.45) is 0 Å². The summed E-state index contributed by atoms with van der Waals surface area (Å²) in [4.78, 5) is 10.0. The van der Waals surface area contributed by atoms with Gasteiger partial charge in [-0.2, -0.15) is 0 Å². The molecule has 0 aliphatic rings. The van der Waals surface area contributed by atoms with Crippen LogP contribution in [0.3, 0.4) is 0 Å². The minimum atomic E-state index is -2.47. The molecule has 0 atom stereocenters. The van der Waals surface area contributed by atoms with Crippen LogP contribution in [0, 0.1) is 29.1 Å². The molecular formula is C7F5NaO2. The Morgan fingerprint density at radius 2 is 1.07 bits per heavy atom. The van der Waals surface area contributed by atoms with Gasteiger partial charge in [0.15, 0.2) is 23.3 Å². The Balaban J connectivity index is 0.00000196. The van der Waals surface area contributed by atoms with Crippen molar-refractivity contribution in [3.05, 3.63) is 34.6 Å². The van der Waals surface area contributed by atoms with Crippen molar-refractivity contribution in [2.45, 2.75) is 0 Å². The fraction of sp³-hybridized carbons (Fsp3) is 0. The molecule has 0 saturated carbocycles. The molecule has 1 aromatic rings. The number of carboxylic acids is 1. The fourth-order valence-corrected chi connectivity index (χ4v) is 0.784. The van der Waals surface area contributed by atoms with Gasteiger partial charge in [0, 0.05) is 0 Å². The molecular weight excluding hydrogens is 234 g/mol. The average molecular weight is 234 g/mol. The fourth-order valence-electron chi connectivity index (χ4n) is 0.784. The van der Waals surface area contributed by atoms with Crippen LogP contribution in [-0.4, -0.2) is 5.97 Å². The molecule has 0 radical (unpaired) electrons. The van der Waals surface area contributed by atoms with Crippen LogP contribution < -0.4 is 34.7 Å². The van der Waals surface area contributed by atoms with Crippen LogP contribution in [0.5, 0.6) is 0 Å². The standard InChI is InChI=1S/C7HF5O2.Na/c8-2-1(7(13)14)3(9)5(11)6(12)4(2)10;/h(H,13,14);/q;+1/p-1. The van der Waals surface area contributed by atoms with Crippen LogP contribution in [0.2, 0.25) is 0 Å². The zero-order valence-corrected chi connectivity index (χ0v) is 9.21. The SMILES string of the molecule is O=C([O-])c1c(F)c(F)c(F)c(F)c1F.[Na+]. The summed E-state index contributed by atoms with van der Waals surface area (Å²) in [5, 5.41) is 10.0. The molecule has 0 fully saturated rings. The molecule has 0 heterocycles. The number of hydrogen-bond donors (Lipinski definition) is 0. The van der Waals surface area contributed by atoms with Crippen LogP contribution in [0.4, 0.5) is 22.0 Å². The van der Waals surface area contributed by atoms with E-state index in [1.165, 1.54) is 0 Å². The van der Waals surface area contributed by atoms with Gasteiger partial charge in [0.2, 0.25) is 5.82 Å². The minimum absolute atomic E-state index is 0. The van der Waals surface area contributed by atoms with E-state index in [0.717, 1.165) is 0 Å². The second kappa shape index (κ2) is 4.91.